The van der Waals surface area contributed by atoms with E-state index in [0.717, 1.165) is 44.6 Å². The number of anilines is 1. The Hall–Kier alpha value is -2.93. The van der Waals surface area contributed by atoms with Crippen LogP contribution in [0, 0.1) is 0 Å². The number of piperazine rings is 1. The summed E-state index contributed by atoms with van der Waals surface area (Å²) < 4.78 is 0. The third-order valence-corrected chi connectivity index (χ3v) is 6.87. The van der Waals surface area contributed by atoms with E-state index in [-0.39, 0.29) is 11.9 Å². The molecular formula is C23H29N5O2+2. The summed E-state index contributed by atoms with van der Waals surface area (Å²) in [5.41, 5.74) is 3.80. The van der Waals surface area contributed by atoms with Gasteiger partial charge in [0.25, 0.3) is 5.91 Å². The first-order valence-corrected chi connectivity index (χ1v) is 10.9. The van der Waals surface area contributed by atoms with E-state index < -0.39 is 5.54 Å². The van der Waals surface area contributed by atoms with Crippen molar-refractivity contribution in [2.75, 3.05) is 37.7 Å². The molecule has 5 rings (SSSR count). The molecule has 0 unspecified atom stereocenters. The largest absolute Gasteiger partial charge is 0.360 e. The third-order valence-electron chi connectivity index (χ3n) is 6.87. The number of benzene rings is 1. The molecule has 7 heteroatoms. The Labute approximate surface area is 176 Å². The van der Waals surface area contributed by atoms with Crippen LogP contribution in [-0.4, -0.2) is 49.7 Å². The number of aryl methyl sites for hydroxylation is 2. The van der Waals surface area contributed by atoms with Crippen LogP contribution in [0.4, 0.5) is 10.5 Å². The molecule has 3 N–H and O–H groups in total. The molecule has 156 valence electrons. The summed E-state index contributed by atoms with van der Waals surface area (Å²) in [4.78, 5) is 34.1. The van der Waals surface area contributed by atoms with E-state index in [0.29, 0.717) is 6.67 Å². The summed E-state index contributed by atoms with van der Waals surface area (Å²) in [5, 5.41) is 2.97. The van der Waals surface area contributed by atoms with Crippen molar-refractivity contribution in [2.45, 2.75) is 31.7 Å². The first-order valence-electron chi connectivity index (χ1n) is 10.9. The first-order chi connectivity index (χ1) is 14.5. The number of aromatic amines is 1. The van der Waals surface area contributed by atoms with E-state index in [1.165, 1.54) is 33.0 Å². The average Bonchev–Trinajstić information content (AvgIpc) is 3.33. The number of quaternary nitrogens is 1. The lowest BCUT2D eigenvalue weighted by molar-refractivity contribution is -0.907. The lowest BCUT2D eigenvalue weighted by Crippen LogP contribution is -3.16. The van der Waals surface area contributed by atoms with E-state index in [4.69, 9.17) is 0 Å². The molecule has 1 atom stereocenters. The number of nitrogens with one attached hydrogen (secondary N) is 3. The molecule has 0 spiro atoms. The monoisotopic (exact) mass is 407 g/mol. The molecule has 1 aromatic carbocycles. The fourth-order valence-corrected chi connectivity index (χ4v) is 4.97. The summed E-state index contributed by atoms with van der Waals surface area (Å²) >= 11 is 0. The Morgan fingerprint density at radius 3 is 2.57 bits per heavy atom. The average molecular weight is 408 g/mol. The van der Waals surface area contributed by atoms with Gasteiger partial charge < -0.3 is 15.1 Å². The molecule has 3 amide bonds. The number of carbonyl (C=O) groups excluding carboxylic acids is 2. The van der Waals surface area contributed by atoms with Crippen LogP contribution in [0.2, 0.25) is 0 Å². The highest BCUT2D eigenvalue weighted by molar-refractivity contribution is 6.07. The predicted octanol–water partition coefficient (Wildman–Crippen LogP) is 0.119. The molecular weight excluding hydrogens is 378 g/mol. The van der Waals surface area contributed by atoms with Gasteiger partial charge in [0.1, 0.15) is 5.54 Å². The molecule has 2 fully saturated rings. The molecule has 1 aromatic heterocycles. The van der Waals surface area contributed by atoms with Crippen molar-refractivity contribution in [3.8, 4) is 0 Å². The summed E-state index contributed by atoms with van der Waals surface area (Å²) in [6.45, 7) is 5.86. The van der Waals surface area contributed by atoms with Gasteiger partial charge in [-0.3, -0.25) is 4.79 Å². The van der Waals surface area contributed by atoms with Crippen LogP contribution in [0.3, 0.4) is 0 Å². The first kappa shape index (κ1) is 19.1. The summed E-state index contributed by atoms with van der Waals surface area (Å²) in [6, 6.07) is 10.1. The molecule has 3 aliphatic rings. The molecule has 1 aliphatic carbocycles. The van der Waals surface area contributed by atoms with Gasteiger partial charge in [0, 0.05) is 17.8 Å². The van der Waals surface area contributed by atoms with Crippen molar-refractivity contribution >= 4 is 17.6 Å². The van der Waals surface area contributed by atoms with Crippen LogP contribution in [0.5, 0.6) is 0 Å². The second kappa shape index (κ2) is 7.40. The van der Waals surface area contributed by atoms with Gasteiger partial charge in [-0.2, -0.15) is 0 Å². The number of hydrogen-bond donors (Lipinski definition) is 2. The third kappa shape index (κ3) is 3.23. The Balaban J connectivity index is 1.26. The predicted molar refractivity (Wildman–Crippen MR) is 112 cm³/mol. The van der Waals surface area contributed by atoms with Gasteiger partial charge in [-0.1, -0.05) is 18.2 Å². The van der Waals surface area contributed by atoms with E-state index >= 15 is 0 Å². The number of amides is 3. The Morgan fingerprint density at radius 2 is 1.80 bits per heavy atom. The van der Waals surface area contributed by atoms with Gasteiger partial charge >= 0.3 is 6.03 Å². The van der Waals surface area contributed by atoms with Crippen LogP contribution in [0.1, 0.15) is 30.0 Å². The Bertz CT molecular complexity index is 971. The minimum Gasteiger partial charge on any atom is -0.360 e. The fraction of sp³-hybridized carbons (Fsp3) is 0.435. The van der Waals surface area contributed by atoms with Crippen molar-refractivity contribution in [1.82, 2.24) is 10.2 Å². The smallest absolute Gasteiger partial charge is 0.329 e. The lowest BCUT2D eigenvalue weighted by Gasteiger charge is -2.34. The molecule has 2 saturated heterocycles. The summed E-state index contributed by atoms with van der Waals surface area (Å²) in [5.74, 6) is -0.140. The number of fused-ring (bicyclic) bond motifs is 1. The van der Waals surface area contributed by atoms with Crippen LogP contribution < -0.4 is 20.1 Å². The summed E-state index contributed by atoms with van der Waals surface area (Å²) in [6.07, 6.45) is 7.19. The standard InChI is InChI=1S/C23H27N5O2/c1-23(19-6-5-17-3-2-4-18(17)15-19)21(29)28(22(30)25-23)16-26-11-13-27(14-12-26)20-7-9-24-10-8-20/h5-10,15H,2-4,11-14,16H2,1H3,(H,25,30)/p+2/t23-/m0/s1. The quantitative estimate of drug-likeness (QED) is 0.708. The zero-order valence-corrected chi connectivity index (χ0v) is 17.4. The highest BCUT2D eigenvalue weighted by Gasteiger charge is 2.50. The van der Waals surface area contributed by atoms with Gasteiger partial charge in [0.05, 0.1) is 26.2 Å². The zero-order valence-electron chi connectivity index (χ0n) is 17.4. The summed E-state index contributed by atoms with van der Waals surface area (Å²) in [7, 11) is 0. The van der Waals surface area contributed by atoms with E-state index in [1.807, 2.05) is 25.4 Å². The number of carbonyl (C=O) groups is 2. The van der Waals surface area contributed by atoms with Crippen molar-refractivity contribution < 1.29 is 19.5 Å². The minimum atomic E-state index is -0.976. The van der Waals surface area contributed by atoms with Gasteiger partial charge in [0.15, 0.2) is 19.1 Å². The number of nitrogens with zero attached hydrogens (tertiary/aromatic N) is 2. The molecule has 0 bridgehead atoms. The topological polar surface area (TPSA) is 71.2 Å². The molecule has 2 aromatic rings. The second-order valence-corrected chi connectivity index (χ2v) is 8.78. The number of H-pyrrole nitrogens is 1. The number of aromatic nitrogens is 1. The normalized spacial score (nSPS) is 24.3. The number of pyridine rings is 1. The highest BCUT2D eigenvalue weighted by atomic mass is 16.2. The van der Waals surface area contributed by atoms with Crippen molar-refractivity contribution in [3.63, 3.8) is 0 Å². The fourth-order valence-electron chi connectivity index (χ4n) is 4.97. The molecule has 0 radical (unpaired) electrons. The molecule has 2 aliphatic heterocycles. The number of hydrogen-bond acceptors (Lipinski definition) is 3. The molecule has 0 saturated carbocycles. The van der Waals surface area contributed by atoms with Crippen molar-refractivity contribution in [2.24, 2.45) is 0 Å². The number of imide groups is 1. The molecule has 30 heavy (non-hydrogen) atoms. The Kier molecular flexibility index (Phi) is 4.70. The molecule has 7 nitrogen and oxygen atoms in total. The van der Waals surface area contributed by atoms with Crippen LogP contribution >= 0.6 is 0 Å². The van der Waals surface area contributed by atoms with Crippen LogP contribution in [0.15, 0.2) is 42.7 Å². The van der Waals surface area contributed by atoms with Crippen molar-refractivity contribution in [3.05, 3.63) is 59.4 Å². The highest BCUT2D eigenvalue weighted by Crippen LogP contribution is 2.32. The molecule has 3 heterocycles. The zero-order chi connectivity index (χ0) is 20.7. The number of rotatable bonds is 4. The maximum absolute atomic E-state index is 13.3. The van der Waals surface area contributed by atoms with E-state index in [2.05, 4.69) is 39.5 Å². The number of urea groups is 1. The van der Waals surface area contributed by atoms with Gasteiger partial charge in [-0.15, -0.1) is 0 Å². The van der Waals surface area contributed by atoms with E-state index in [1.54, 1.807) is 0 Å². The lowest BCUT2D eigenvalue weighted by atomic mass is 9.90. The van der Waals surface area contributed by atoms with Gasteiger partial charge in [-0.25, -0.2) is 14.7 Å². The van der Waals surface area contributed by atoms with Crippen molar-refractivity contribution in [1.29, 1.82) is 0 Å². The van der Waals surface area contributed by atoms with E-state index in [9.17, 15) is 9.59 Å². The maximum atomic E-state index is 13.3. The van der Waals surface area contributed by atoms with Crippen LogP contribution in [-0.2, 0) is 23.2 Å². The van der Waals surface area contributed by atoms with Crippen LogP contribution in [0.25, 0.3) is 0 Å². The second-order valence-electron chi connectivity index (χ2n) is 8.78. The van der Waals surface area contributed by atoms with Gasteiger partial charge in [-0.05, 0) is 42.9 Å². The maximum Gasteiger partial charge on any atom is 0.329 e. The van der Waals surface area contributed by atoms with Gasteiger partial charge in [0.2, 0.25) is 0 Å². The SMILES string of the molecule is C[C@@]1(c2ccc3c(c2)CCC3)NC(=O)N(C[NH+]2CCN(c3cc[nH+]cc3)CC2)C1=O. The Morgan fingerprint density at radius 1 is 1.07 bits per heavy atom. The minimum absolute atomic E-state index is 0.140.